The van der Waals surface area contributed by atoms with Crippen LogP contribution in [0.5, 0.6) is 0 Å². The fraction of sp³-hybridized carbons (Fsp3) is 0.250. The first-order valence-electron chi connectivity index (χ1n) is 6.47. The summed E-state index contributed by atoms with van der Waals surface area (Å²) in [7, 11) is 0. The lowest BCUT2D eigenvalue weighted by atomic mass is 9.63. The maximum absolute atomic E-state index is 11.7. The van der Waals surface area contributed by atoms with E-state index in [4.69, 9.17) is 0 Å². The zero-order valence-electron chi connectivity index (χ0n) is 10.5. The molecule has 19 heavy (non-hydrogen) atoms. The number of carbonyl (C=O) groups is 1. The minimum Gasteiger partial charge on any atom is -0.481 e. The van der Waals surface area contributed by atoms with Crippen LogP contribution in [0.3, 0.4) is 0 Å². The standard InChI is InChI=1S/C16H15NO2/c18-15(19)16(8-4-9-16)14-7-10-17-11-13(14)12-5-2-1-3-6-12/h1-3,5-7,10-11H,4,8-9H2,(H,18,19). The number of aliphatic carboxylic acids is 1. The number of hydrogen-bond donors (Lipinski definition) is 1. The predicted molar refractivity (Wildman–Crippen MR) is 72.8 cm³/mol. The van der Waals surface area contributed by atoms with Crippen molar-refractivity contribution < 1.29 is 9.90 Å². The average molecular weight is 253 g/mol. The number of nitrogens with zero attached hydrogens (tertiary/aromatic N) is 1. The van der Waals surface area contributed by atoms with E-state index >= 15 is 0 Å². The Kier molecular flexibility index (Phi) is 2.82. The third-order valence-electron chi connectivity index (χ3n) is 4.04. The van der Waals surface area contributed by atoms with Gasteiger partial charge in [-0.3, -0.25) is 9.78 Å². The zero-order chi connectivity index (χ0) is 13.3. The van der Waals surface area contributed by atoms with Crippen molar-refractivity contribution in [3.8, 4) is 11.1 Å². The Morgan fingerprint density at radius 1 is 1.16 bits per heavy atom. The highest BCUT2D eigenvalue weighted by Gasteiger charge is 2.47. The Morgan fingerprint density at radius 3 is 2.47 bits per heavy atom. The Bertz CT molecular complexity index is 603. The SMILES string of the molecule is O=C(O)C1(c2ccncc2-c2ccccc2)CCC1. The Balaban J connectivity index is 2.15. The zero-order valence-corrected chi connectivity index (χ0v) is 10.5. The minimum atomic E-state index is -0.720. The van der Waals surface area contributed by atoms with Gasteiger partial charge in [0.1, 0.15) is 0 Å². The van der Waals surface area contributed by atoms with Crippen molar-refractivity contribution in [2.45, 2.75) is 24.7 Å². The summed E-state index contributed by atoms with van der Waals surface area (Å²) in [6.45, 7) is 0. The second-order valence-corrected chi connectivity index (χ2v) is 5.03. The topological polar surface area (TPSA) is 50.2 Å². The number of carboxylic acids is 1. The first-order chi connectivity index (χ1) is 9.24. The molecule has 0 saturated heterocycles. The molecule has 0 atom stereocenters. The molecule has 1 aromatic carbocycles. The van der Waals surface area contributed by atoms with E-state index in [2.05, 4.69) is 4.98 Å². The molecular formula is C16H15NO2. The van der Waals surface area contributed by atoms with Crippen LogP contribution in [0.15, 0.2) is 48.8 Å². The van der Waals surface area contributed by atoms with Crippen LogP contribution in [0.25, 0.3) is 11.1 Å². The quantitative estimate of drug-likeness (QED) is 0.913. The minimum absolute atomic E-state index is 0.714. The summed E-state index contributed by atoms with van der Waals surface area (Å²) in [4.78, 5) is 15.8. The van der Waals surface area contributed by atoms with E-state index in [0.29, 0.717) is 12.8 Å². The van der Waals surface area contributed by atoms with Crippen LogP contribution in [0.1, 0.15) is 24.8 Å². The van der Waals surface area contributed by atoms with Gasteiger partial charge in [-0.2, -0.15) is 0 Å². The summed E-state index contributed by atoms with van der Waals surface area (Å²) in [6.07, 6.45) is 5.86. The van der Waals surface area contributed by atoms with Gasteiger partial charge in [0, 0.05) is 18.0 Å². The molecule has 0 unspecified atom stereocenters. The van der Waals surface area contributed by atoms with Gasteiger partial charge in [0.25, 0.3) is 0 Å². The highest BCUT2D eigenvalue weighted by molar-refractivity contribution is 5.86. The number of pyridine rings is 1. The summed E-state index contributed by atoms with van der Waals surface area (Å²) in [5, 5.41) is 9.59. The predicted octanol–water partition coefficient (Wildman–Crippen LogP) is 3.25. The molecule has 1 aromatic heterocycles. The third kappa shape index (κ3) is 1.82. The third-order valence-corrected chi connectivity index (χ3v) is 4.04. The summed E-state index contributed by atoms with van der Waals surface area (Å²) in [6, 6.07) is 11.7. The normalized spacial score (nSPS) is 16.6. The maximum Gasteiger partial charge on any atom is 0.314 e. The van der Waals surface area contributed by atoms with E-state index in [1.807, 2.05) is 36.4 Å². The van der Waals surface area contributed by atoms with Crippen molar-refractivity contribution in [3.63, 3.8) is 0 Å². The second kappa shape index (κ2) is 4.50. The molecule has 1 N–H and O–H groups in total. The van der Waals surface area contributed by atoms with E-state index < -0.39 is 11.4 Å². The van der Waals surface area contributed by atoms with Crippen molar-refractivity contribution in [2.24, 2.45) is 0 Å². The molecule has 1 heterocycles. The maximum atomic E-state index is 11.7. The number of carboxylic acid groups (broad SMARTS) is 1. The van der Waals surface area contributed by atoms with Gasteiger partial charge in [-0.15, -0.1) is 0 Å². The Labute approximate surface area is 111 Å². The van der Waals surface area contributed by atoms with Crippen LogP contribution >= 0.6 is 0 Å². The van der Waals surface area contributed by atoms with Gasteiger partial charge in [-0.1, -0.05) is 36.8 Å². The van der Waals surface area contributed by atoms with Crippen LogP contribution in [-0.2, 0) is 10.2 Å². The van der Waals surface area contributed by atoms with Crippen LogP contribution in [-0.4, -0.2) is 16.1 Å². The molecule has 3 rings (SSSR count). The molecule has 0 bridgehead atoms. The van der Waals surface area contributed by atoms with E-state index in [9.17, 15) is 9.90 Å². The number of rotatable bonds is 3. The number of aromatic nitrogens is 1. The molecule has 1 aliphatic rings. The van der Waals surface area contributed by atoms with E-state index in [1.165, 1.54) is 0 Å². The molecule has 0 amide bonds. The van der Waals surface area contributed by atoms with Gasteiger partial charge in [0.05, 0.1) is 5.41 Å². The Morgan fingerprint density at radius 2 is 1.89 bits per heavy atom. The summed E-state index contributed by atoms with van der Waals surface area (Å²) >= 11 is 0. The molecular weight excluding hydrogens is 238 g/mol. The lowest BCUT2D eigenvalue weighted by molar-refractivity contribution is -0.147. The first kappa shape index (κ1) is 11.9. The van der Waals surface area contributed by atoms with Crippen molar-refractivity contribution in [2.75, 3.05) is 0 Å². The molecule has 3 nitrogen and oxygen atoms in total. The highest BCUT2D eigenvalue weighted by atomic mass is 16.4. The van der Waals surface area contributed by atoms with E-state index in [-0.39, 0.29) is 0 Å². The lowest BCUT2D eigenvalue weighted by Crippen LogP contribution is -2.42. The van der Waals surface area contributed by atoms with Crippen LogP contribution in [0, 0.1) is 0 Å². The molecule has 0 radical (unpaired) electrons. The monoisotopic (exact) mass is 253 g/mol. The molecule has 1 fully saturated rings. The molecule has 0 aliphatic heterocycles. The fourth-order valence-corrected chi connectivity index (χ4v) is 2.79. The molecule has 96 valence electrons. The van der Waals surface area contributed by atoms with Crippen LogP contribution in [0.4, 0.5) is 0 Å². The van der Waals surface area contributed by atoms with Gasteiger partial charge in [0.2, 0.25) is 0 Å². The van der Waals surface area contributed by atoms with Crippen LogP contribution in [0.2, 0.25) is 0 Å². The smallest absolute Gasteiger partial charge is 0.314 e. The van der Waals surface area contributed by atoms with E-state index in [1.54, 1.807) is 12.4 Å². The molecule has 2 aromatic rings. The van der Waals surface area contributed by atoms with E-state index in [0.717, 1.165) is 23.1 Å². The molecule has 3 heteroatoms. The second-order valence-electron chi connectivity index (χ2n) is 5.03. The van der Waals surface area contributed by atoms with Crippen LogP contribution < -0.4 is 0 Å². The summed E-state index contributed by atoms with van der Waals surface area (Å²) < 4.78 is 0. The van der Waals surface area contributed by atoms with Crippen molar-refractivity contribution in [1.82, 2.24) is 4.98 Å². The Hall–Kier alpha value is -2.16. The van der Waals surface area contributed by atoms with Gasteiger partial charge >= 0.3 is 5.97 Å². The molecule has 0 spiro atoms. The van der Waals surface area contributed by atoms with Crippen molar-refractivity contribution in [3.05, 3.63) is 54.4 Å². The molecule has 1 saturated carbocycles. The average Bonchev–Trinajstić information content (AvgIpc) is 2.39. The van der Waals surface area contributed by atoms with Gasteiger partial charge in [0.15, 0.2) is 0 Å². The first-order valence-corrected chi connectivity index (χ1v) is 6.47. The highest BCUT2D eigenvalue weighted by Crippen LogP contribution is 2.47. The lowest BCUT2D eigenvalue weighted by Gasteiger charge is -2.39. The van der Waals surface area contributed by atoms with Crippen molar-refractivity contribution >= 4 is 5.97 Å². The largest absolute Gasteiger partial charge is 0.481 e. The molecule has 1 aliphatic carbocycles. The number of hydrogen-bond acceptors (Lipinski definition) is 2. The van der Waals surface area contributed by atoms with Gasteiger partial charge in [-0.05, 0) is 30.0 Å². The summed E-state index contributed by atoms with van der Waals surface area (Å²) in [5.74, 6) is -0.720. The summed E-state index contributed by atoms with van der Waals surface area (Å²) in [5.41, 5.74) is 2.14. The van der Waals surface area contributed by atoms with Gasteiger partial charge in [-0.25, -0.2) is 0 Å². The van der Waals surface area contributed by atoms with Crippen molar-refractivity contribution in [1.29, 1.82) is 0 Å². The van der Waals surface area contributed by atoms with Gasteiger partial charge < -0.3 is 5.11 Å². The number of benzene rings is 1. The fourth-order valence-electron chi connectivity index (χ4n) is 2.79.